The third-order valence-corrected chi connectivity index (χ3v) is 4.67. The number of carbonyl (C=O) groups is 1. The number of carbonyl (C=O) groups excluding carboxylic acids is 1. The molecule has 1 aliphatic rings. The molecule has 7 heteroatoms. The molecule has 2 heterocycles. The summed E-state index contributed by atoms with van der Waals surface area (Å²) in [5.74, 6) is 1.66. The van der Waals surface area contributed by atoms with Crippen molar-refractivity contribution in [1.82, 2.24) is 20.5 Å². The normalized spacial score (nSPS) is 16.7. The van der Waals surface area contributed by atoms with E-state index in [1.807, 2.05) is 54.7 Å². The number of guanidine groups is 1. The van der Waals surface area contributed by atoms with Crippen molar-refractivity contribution in [2.45, 2.75) is 19.0 Å². The molecule has 1 aliphatic heterocycles. The van der Waals surface area contributed by atoms with E-state index in [4.69, 9.17) is 0 Å². The minimum atomic E-state index is 0.00995. The highest BCUT2D eigenvalue weighted by Crippen LogP contribution is 2.17. The van der Waals surface area contributed by atoms with Gasteiger partial charge in [0.25, 0.3) is 0 Å². The van der Waals surface area contributed by atoms with Crippen molar-refractivity contribution in [3.05, 3.63) is 60.3 Å². The first-order chi connectivity index (χ1) is 13.6. The summed E-state index contributed by atoms with van der Waals surface area (Å²) < 4.78 is 0. The Bertz CT molecular complexity index is 778. The predicted molar refractivity (Wildman–Crippen MR) is 112 cm³/mol. The maximum absolute atomic E-state index is 12.0. The number of benzene rings is 1. The molecule has 0 saturated carbocycles. The Morgan fingerprint density at radius 2 is 2.00 bits per heavy atom. The highest BCUT2D eigenvalue weighted by atomic mass is 16.2. The van der Waals surface area contributed by atoms with Crippen molar-refractivity contribution in [3.63, 3.8) is 0 Å². The lowest BCUT2D eigenvalue weighted by molar-refractivity contribution is -0.127. The van der Waals surface area contributed by atoms with Gasteiger partial charge in [0, 0.05) is 39.4 Å². The molecular formula is C21H28N6O. The number of rotatable bonds is 6. The van der Waals surface area contributed by atoms with Crippen molar-refractivity contribution in [2.75, 3.05) is 38.6 Å². The fraction of sp³-hybridized carbons (Fsp3) is 0.381. The maximum atomic E-state index is 12.0. The van der Waals surface area contributed by atoms with Gasteiger partial charge in [-0.2, -0.15) is 0 Å². The van der Waals surface area contributed by atoms with Gasteiger partial charge in [0.2, 0.25) is 5.91 Å². The van der Waals surface area contributed by atoms with E-state index in [-0.39, 0.29) is 18.5 Å². The summed E-state index contributed by atoms with van der Waals surface area (Å²) in [6, 6.07) is 16.3. The smallest absolute Gasteiger partial charge is 0.241 e. The summed E-state index contributed by atoms with van der Waals surface area (Å²) in [7, 11) is 3.50. The number of aliphatic imine (C=N–C) groups is 1. The van der Waals surface area contributed by atoms with Gasteiger partial charge in [-0.15, -0.1) is 0 Å². The largest absolute Gasteiger partial charge is 0.354 e. The number of aromatic nitrogens is 1. The van der Waals surface area contributed by atoms with Crippen molar-refractivity contribution in [3.8, 4) is 0 Å². The third kappa shape index (κ3) is 5.70. The topological polar surface area (TPSA) is 72.9 Å². The monoisotopic (exact) mass is 380 g/mol. The van der Waals surface area contributed by atoms with Crippen LogP contribution in [-0.4, -0.2) is 61.5 Å². The van der Waals surface area contributed by atoms with Crippen LogP contribution in [0.15, 0.2) is 59.7 Å². The second kappa shape index (κ2) is 9.73. The number of amides is 1. The van der Waals surface area contributed by atoms with Crippen LogP contribution in [0.4, 0.5) is 5.82 Å². The summed E-state index contributed by atoms with van der Waals surface area (Å²) >= 11 is 0. The second-order valence-corrected chi connectivity index (χ2v) is 7.06. The zero-order valence-electron chi connectivity index (χ0n) is 16.5. The predicted octanol–water partition coefficient (Wildman–Crippen LogP) is 1.48. The molecule has 0 bridgehead atoms. The zero-order valence-corrected chi connectivity index (χ0v) is 16.5. The second-order valence-electron chi connectivity index (χ2n) is 7.06. The van der Waals surface area contributed by atoms with Crippen LogP contribution >= 0.6 is 0 Å². The van der Waals surface area contributed by atoms with E-state index < -0.39 is 0 Å². The number of nitrogens with one attached hydrogen (secondary N) is 2. The van der Waals surface area contributed by atoms with Crippen LogP contribution < -0.4 is 15.5 Å². The fourth-order valence-electron chi connectivity index (χ4n) is 3.04. The standard InChI is InChI=1S/C21H28N6O/c1-26(2)20(28)15-24-21(23-14-17-8-4-3-5-9-17)25-18-11-13-27(16-18)19-10-6-7-12-22-19/h3-10,12,18H,11,13-16H2,1-2H3,(H2,23,24,25). The molecule has 3 rings (SSSR count). The third-order valence-electron chi connectivity index (χ3n) is 4.67. The van der Waals surface area contributed by atoms with Gasteiger partial charge in [-0.25, -0.2) is 9.98 Å². The van der Waals surface area contributed by atoms with E-state index in [0.717, 1.165) is 30.9 Å². The number of nitrogens with zero attached hydrogens (tertiary/aromatic N) is 4. The number of anilines is 1. The lowest BCUT2D eigenvalue weighted by Crippen LogP contribution is -2.47. The first-order valence-electron chi connectivity index (χ1n) is 9.57. The quantitative estimate of drug-likeness (QED) is 0.587. The van der Waals surface area contributed by atoms with Crippen LogP contribution in [0.2, 0.25) is 0 Å². The van der Waals surface area contributed by atoms with E-state index in [2.05, 4.69) is 25.5 Å². The molecular weight excluding hydrogens is 352 g/mol. The Morgan fingerprint density at radius 1 is 1.21 bits per heavy atom. The van der Waals surface area contributed by atoms with Crippen molar-refractivity contribution in [2.24, 2.45) is 4.99 Å². The first-order valence-corrected chi connectivity index (χ1v) is 9.57. The van der Waals surface area contributed by atoms with Crippen LogP contribution in [0, 0.1) is 0 Å². The Balaban J connectivity index is 1.62. The molecule has 1 amide bonds. The lowest BCUT2D eigenvalue weighted by atomic mass is 10.2. The van der Waals surface area contributed by atoms with Crippen LogP contribution in [-0.2, 0) is 11.3 Å². The minimum absolute atomic E-state index is 0.00995. The first kappa shape index (κ1) is 19.7. The van der Waals surface area contributed by atoms with Gasteiger partial charge in [-0.3, -0.25) is 4.79 Å². The van der Waals surface area contributed by atoms with Crippen LogP contribution in [0.5, 0.6) is 0 Å². The molecule has 1 aromatic heterocycles. The summed E-state index contributed by atoms with van der Waals surface area (Å²) in [4.78, 5) is 24.9. The van der Waals surface area contributed by atoms with Crippen molar-refractivity contribution < 1.29 is 4.79 Å². The minimum Gasteiger partial charge on any atom is -0.354 e. The summed E-state index contributed by atoms with van der Waals surface area (Å²) in [5, 5.41) is 6.65. The lowest BCUT2D eigenvalue weighted by Gasteiger charge is -2.20. The Hall–Kier alpha value is -3.09. The van der Waals surface area contributed by atoms with Gasteiger partial charge < -0.3 is 20.4 Å². The van der Waals surface area contributed by atoms with Gasteiger partial charge in [-0.05, 0) is 24.1 Å². The van der Waals surface area contributed by atoms with Crippen LogP contribution in [0.25, 0.3) is 0 Å². The summed E-state index contributed by atoms with van der Waals surface area (Å²) in [6.07, 6.45) is 2.81. The van der Waals surface area contributed by atoms with Crippen LogP contribution in [0.1, 0.15) is 12.0 Å². The Labute approximate surface area is 166 Å². The molecule has 7 nitrogen and oxygen atoms in total. The van der Waals surface area contributed by atoms with Gasteiger partial charge in [0.1, 0.15) is 5.82 Å². The fourth-order valence-corrected chi connectivity index (χ4v) is 3.04. The molecule has 1 saturated heterocycles. The average molecular weight is 380 g/mol. The van der Waals surface area contributed by atoms with Crippen LogP contribution in [0.3, 0.4) is 0 Å². The molecule has 1 aromatic carbocycles. The maximum Gasteiger partial charge on any atom is 0.241 e. The molecule has 28 heavy (non-hydrogen) atoms. The summed E-state index contributed by atoms with van der Waals surface area (Å²) in [5.41, 5.74) is 1.13. The Kier molecular flexibility index (Phi) is 6.84. The SMILES string of the molecule is CN(C)C(=O)CNC(=NCc1ccccc1)NC1CCN(c2ccccn2)C1. The molecule has 0 radical (unpaired) electrons. The average Bonchev–Trinajstić information content (AvgIpc) is 3.19. The molecule has 2 aromatic rings. The van der Waals surface area contributed by atoms with E-state index >= 15 is 0 Å². The molecule has 0 aliphatic carbocycles. The number of hydrogen-bond donors (Lipinski definition) is 2. The van der Waals surface area contributed by atoms with E-state index in [1.165, 1.54) is 0 Å². The highest BCUT2D eigenvalue weighted by Gasteiger charge is 2.24. The zero-order chi connectivity index (χ0) is 19.8. The van der Waals surface area contributed by atoms with Crippen molar-refractivity contribution in [1.29, 1.82) is 0 Å². The number of likely N-dealkylation sites (N-methyl/N-ethyl adjacent to an activating group) is 1. The molecule has 0 spiro atoms. The summed E-state index contributed by atoms with van der Waals surface area (Å²) in [6.45, 7) is 2.56. The van der Waals surface area contributed by atoms with Gasteiger partial charge in [0.05, 0.1) is 13.1 Å². The Morgan fingerprint density at radius 3 is 2.71 bits per heavy atom. The molecule has 1 atom stereocenters. The van der Waals surface area contributed by atoms with Crippen molar-refractivity contribution >= 4 is 17.7 Å². The molecule has 1 unspecified atom stereocenters. The number of hydrogen-bond acceptors (Lipinski definition) is 4. The van der Waals surface area contributed by atoms with Gasteiger partial charge in [-0.1, -0.05) is 36.4 Å². The van der Waals surface area contributed by atoms with Gasteiger partial charge >= 0.3 is 0 Å². The highest BCUT2D eigenvalue weighted by molar-refractivity contribution is 5.86. The van der Waals surface area contributed by atoms with Gasteiger partial charge in [0.15, 0.2) is 5.96 Å². The van der Waals surface area contributed by atoms with E-state index in [1.54, 1.807) is 19.0 Å². The molecule has 148 valence electrons. The molecule has 1 fully saturated rings. The number of pyridine rings is 1. The van der Waals surface area contributed by atoms with E-state index in [9.17, 15) is 4.79 Å². The van der Waals surface area contributed by atoms with E-state index in [0.29, 0.717) is 12.5 Å². The molecule has 2 N–H and O–H groups in total.